The van der Waals surface area contributed by atoms with Crippen LogP contribution in [-0.2, 0) is 0 Å². The third-order valence-electron chi connectivity index (χ3n) is 2.88. The van der Waals surface area contributed by atoms with Crippen LogP contribution in [0.25, 0.3) is 0 Å². The summed E-state index contributed by atoms with van der Waals surface area (Å²) in [5.74, 6) is 1.91. The van der Waals surface area contributed by atoms with Crippen molar-refractivity contribution in [3.05, 3.63) is 47.5 Å². The highest BCUT2D eigenvalue weighted by molar-refractivity contribution is 6.32. The normalized spacial score (nSPS) is 10.0. The number of anilines is 1. The van der Waals surface area contributed by atoms with Crippen LogP contribution in [0.2, 0.25) is 5.02 Å². The second-order valence-corrected chi connectivity index (χ2v) is 5.15. The predicted molar refractivity (Wildman–Crippen MR) is 87.2 cm³/mol. The highest BCUT2D eigenvalue weighted by Crippen LogP contribution is 2.32. The van der Waals surface area contributed by atoms with Crippen molar-refractivity contribution in [2.24, 2.45) is 0 Å². The van der Waals surface area contributed by atoms with Gasteiger partial charge in [-0.25, -0.2) is 4.79 Å². The van der Waals surface area contributed by atoms with Crippen molar-refractivity contribution < 1.29 is 14.3 Å². The summed E-state index contributed by atoms with van der Waals surface area (Å²) >= 11 is 6.19. The zero-order valence-electron chi connectivity index (χ0n) is 12.6. The molecule has 2 rings (SSSR count). The molecule has 6 heteroatoms. The van der Waals surface area contributed by atoms with E-state index in [4.69, 9.17) is 21.1 Å². The number of nitrogens with zero attached hydrogens (tertiary/aromatic N) is 1. The molecule has 0 heterocycles. The number of benzene rings is 2. The third kappa shape index (κ3) is 4.05. The molecule has 0 saturated heterocycles. The van der Waals surface area contributed by atoms with E-state index in [1.165, 1.54) is 4.90 Å². The molecule has 2 aromatic carbocycles. The minimum atomic E-state index is -0.222. The molecule has 116 valence electrons. The maximum atomic E-state index is 11.6. The summed E-state index contributed by atoms with van der Waals surface area (Å²) in [4.78, 5) is 13.0. The van der Waals surface area contributed by atoms with Crippen LogP contribution in [0.3, 0.4) is 0 Å². The lowest BCUT2D eigenvalue weighted by Crippen LogP contribution is -2.27. The maximum absolute atomic E-state index is 11.6. The molecule has 2 amide bonds. The Kier molecular flexibility index (Phi) is 5.12. The predicted octanol–water partition coefficient (Wildman–Crippen LogP) is 4.23. The number of carbonyl (C=O) groups is 1. The zero-order valence-corrected chi connectivity index (χ0v) is 13.3. The average Bonchev–Trinajstić information content (AvgIpc) is 2.50. The molecule has 2 aromatic rings. The van der Waals surface area contributed by atoms with E-state index in [9.17, 15) is 4.79 Å². The second kappa shape index (κ2) is 7.04. The number of nitrogens with one attached hydrogen (secondary N) is 1. The van der Waals surface area contributed by atoms with Gasteiger partial charge in [-0.1, -0.05) is 11.6 Å². The summed E-state index contributed by atoms with van der Waals surface area (Å²) in [5.41, 5.74) is 0.603. The van der Waals surface area contributed by atoms with Crippen LogP contribution in [0.15, 0.2) is 42.5 Å². The van der Waals surface area contributed by atoms with Crippen LogP contribution >= 0.6 is 11.6 Å². The molecule has 22 heavy (non-hydrogen) atoms. The summed E-state index contributed by atoms with van der Waals surface area (Å²) in [6.45, 7) is 0. The number of methoxy groups -OCH3 is 1. The number of carbonyl (C=O) groups excluding carboxylic acids is 1. The molecule has 5 nitrogen and oxygen atoms in total. The zero-order chi connectivity index (χ0) is 16.1. The SMILES string of the molecule is COc1ccc(Oc2ccc(NC(=O)N(C)C)cc2Cl)cc1. The van der Waals surface area contributed by atoms with Crippen molar-refractivity contribution in [3.63, 3.8) is 0 Å². The minimum Gasteiger partial charge on any atom is -0.497 e. The lowest BCUT2D eigenvalue weighted by molar-refractivity contribution is 0.230. The molecular formula is C16H17ClN2O3. The molecule has 0 unspecified atom stereocenters. The Hall–Kier alpha value is -2.40. The number of urea groups is 1. The molecule has 0 bridgehead atoms. The Morgan fingerprint density at radius 3 is 2.27 bits per heavy atom. The van der Waals surface area contributed by atoms with Gasteiger partial charge in [-0.3, -0.25) is 0 Å². The van der Waals surface area contributed by atoms with Gasteiger partial charge in [-0.2, -0.15) is 0 Å². The molecule has 1 N–H and O–H groups in total. The summed E-state index contributed by atoms with van der Waals surface area (Å²) in [6.07, 6.45) is 0. The molecular weight excluding hydrogens is 304 g/mol. The van der Waals surface area contributed by atoms with E-state index in [0.717, 1.165) is 5.75 Å². The smallest absolute Gasteiger partial charge is 0.321 e. The molecule has 0 aliphatic heterocycles. The van der Waals surface area contributed by atoms with Gasteiger partial charge in [0.2, 0.25) is 0 Å². The van der Waals surface area contributed by atoms with E-state index in [1.54, 1.807) is 63.7 Å². The van der Waals surface area contributed by atoms with Crippen LogP contribution in [0.1, 0.15) is 0 Å². The molecule has 0 aromatic heterocycles. The second-order valence-electron chi connectivity index (χ2n) is 4.75. The number of amides is 2. The van der Waals surface area contributed by atoms with Gasteiger partial charge in [0.25, 0.3) is 0 Å². The summed E-state index contributed by atoms with van der Waals surface area (Å²) in [7, 11) is 4.93. The number of halogens is 1. The Morgan fingerprint density at radius 1 is 1.09 bits per heavy atom. The van der Waals surface area contributed by atoms with Gasteiger partial charge in [0, 0.05) is 19.8 Å². The molecule has 0 aliphatic carbocycles. The van der Waals surface area contributed by atoms with Gasteiger partial charge in [-0.15, -0.1) is 0 Å². The van der Waals surface area contributed by atoms with Gasteiger partial charge < -0.3 is 19.7 Å². The number of ether oxygens (including phenoxy) is 2. The van der Waals surface area contributed by atoms with E-state index in [-0.39, 0.29) is 6.03 Å². The van der Waals surface area contributed by atoms with Crippen molar-refractivity contribution in [2.45, 2.75) is 0 Å². The Labute approximate surface area is 134 Å². The van der Waals surface area contributed by atoms with Gasteiger partial charge >= 0.3 is 6.03 Å². The van der Waals surface area contributed by atoms with Crippen molar-refractivity contribution in [1.29, 1.82) is 0 Å². The number of rotatable bonds is 4. The first-order chi connectivity index (χ1) is 10.5. The van der Waals surface area contributed by atoms with Gasteiger partial charge in [-0.05, 0) is 42.5 Å². The number of hydrogen-bond acceptors (Lipinski definition) is 3. The van der Waals surface area contributed by atoms with E-state index in [2.05, 4.69) is 5.32 Å². The van der Waals surface area contributed by atoms with Crippen LogP contribution < -0.4 is 14.8 Å². The largest absolute Gasteiger partial charge is 0.497 e. The lowest BCUT2D eigenvalue weighted by atomic mass is 10.3. The fraction of sp³-hybridized carbons (Fsp3) is 0.188. The van der Waals surface area contributed by atoms with Crippen molar-refractivity contribution in [3.8, 4) is 17.2 Å². The highest BCUT2D eigenvalue weighted by atomic mass is 35.5. The molecule has 0 saturated carbocycles. The van der Waals surface area contributed by atoms with Crippen LogP contribution in [0.5, 0.6) is 17.2 Å². The fourth-order valence-corrected chi connectivity index (χ4v) is 1.89. The fourth-order valence-electron chi connectivity index (χ4n) is 1.67. The quantitative estimate of drug-likeness (QED) is 0.917. The van der Waals surface area contributed by atoms with Crippen molar-refractivity contribution in [2.75, 3.05) is 26.5 Å². The summed E-state index contributed by atoms with van der Waals surface area (Å²) < 4.78 is 10.8. The number of hydrogen-bond donors (Lipinski definition) is 1. The first kappa shape index (κ1) is 16.0. The van der Waals surface area contributed by atoms with Crippen LogP contribution in [-0.4, -0.2) is 32.1 Å². The van der Waals surface area contributed by atoms with Gasteiger partial charge in [0.1, 0.15) is 17.2 Å². The monoisotopic (exact) mass is 320 g/mol. The average molecular weight is 321 g/mol. The van der Waals surface area contributed by atoms with E-state index in [0.29, 0.717) is 22.2 Å². The molecule has 0 radical (unpaired) electrons. The van der Waals surface area contributed by atoms with Crippen LogP contribution in [0.4, 0.5) is 10.5 Å². The molecule has 0 aliphatic rings. The first-order valence-corrected chi connectivity index (χ1v) is 6.97. The first-order valence-electron chi connectivity index (χ1n) is 6.59. The van der Waals surface area contributed by atoms with E-state index in [1.807, 2.05) is 0 Å². The third-order valence-corrected chi connectivity index (χ3v) is 3.17. The molecule has 0 atom stereocenters. The molecule has 0 spiro atoms. The Balaban J connectivity index is 2.10. The van der Waals surface area contributed by atoms with E-state index < -0.39 is 0 Å². The Morgan fingerprint density at radius 2 is 1.73 bits per heavy atom. The highest BCUT2D eigenvalue weighted by Gasteiger charge is 2.08. The van der Waals surface area contributed by atoms with Gasteiger partial charge in [0.05, 0.1) is 12.1 Å². The lowest BCUT2D eigenvalue weighted by Gasteiger charge is -2.13. The standard InChI is InChI=1S/C16H17ClN2O3/c1-19(2)16(20)18-11-4-9-15(14(17)10-11)22-13-7-5-12(21-3)6-8-13/h4-10H,1-3H3,(H,18,20). The summed E-state index contributed by atoms with van der Waals surface area (Å²) in [6, 6.07) is 12.0. The van der Waals surface area contributed by atoms with E-state index >= 15 is 0 Å². The van der Waals surface area contributed by atoms with Crippen molar-refractivity contribution >= 4 is 23.3 Å². The minimum absolute atomic E-state index is 0.222. The maximum Gasteiger partial charge on any atom is 0.321 e. The summed E-state index contributed by atoms with van der Waals surface area (Å²) in [5, 5.41) is 3.13. The topological polar surface area (TPSA) is 50.8 Å². The Bertz CT molecular complexity index is 657. The van der Waals surface area contributed by atoms with Gasteiger partial charge in [0.15, 0.2) is 0 Å². The van der Waals surface area contributed by atoms with Crippen LogP contribution in [0, 0.1) is 0 Å². The molecule has 0 fully saturated rings. The van der Waals surface area contributed by atoms with Crippen molar-refractivity contribution in [1.82, 2.24) is 4.90 Å².